The molecule has 6 nitrogen and oxygen atoms in total. The van der Waals surface area contributed by atoms with Crippen LogP contribution in [0.1, 0.15) is 25.3 Å². The van der Waals surface area contributed by atoms with Gasteiger partial charge < -0.3 is 19.9 Å². The van der Waals surface area contributed by atoms with E-state index in [0.717, 1.165) is 86.7 Å². The first-order valence-electron chi connectivity index (χ1n) is 10.3. The number of amides is 1. The molecular weight excluding hydrogens is 408 g/mol. The molecule has 2 fully saturated rings. The number of halogens is 1. The highest BCUT2D eigenvalue weighted by molar-refractivity contribution is 7.80. The number of anilines is 1. The van der Waals surface area contributed by atoms with Gasteiger partial charge in [-0.2, -0.15) is 0 Å². The number of nitrogens with zero attached hydrogens (tertiary/aromatic N) is 3. The predicted molar refractivity (Wildman–Crippen MR) is 122 cm³/mol. The number of ether oxygens (including phenoxy) is 1. The second-order valence-electron chi connectivity index (χ2n) is 7.73. The predicted octanol–water partition coefficient (Wildman–Crippen LogP) is 2.99. The van der Waals surface area contributed by atoms with Crippen LogP contribution in [0, 0.1) is 6.92 Å². The minimum absolute atomic E-state index is 0.151. The molecule has 8 heteroatoms. The van der Waals surface area contributed by atoms with Crippen molar-refractivity contribution in [1.29, 1.82) is 0 Å². The van der Waals surface area contributed by atoms with Crippen molar-refractivity contribution in [2.24, 2.45) is 0 Å². The third kappa shape index (κ3) is 6.04. The van der Waals surface area contributed by atoms with Crippen LogP contribution in [0.25, 0.3) is 0 Å². The fourth-order valence-corrected chi connectivity index (χ4v) is 4.47. The van der Waals surface area contributed by atoms with Crippen molar-refractivity contribution in [3.05, 3.63) is 28.8 Å². The minimum Gasteiger partial charge on any atom is -0.379 e. The normalized spacial score (nSPS) is 18.5. The van der Waals surface area contributed by atoms with Crippen molar-refractivity contribution in [2.45, 2.75) is 32.7 Å². The maximum absolute atomic E-state index is 11.7. The molecule has 1 N–H and O–H groups in total. The Morgan fingerprint density at radius 1 is 1.28 bits per heavy atom. The molecule has 2 aliphatic heterocycles. The summed E-state index contributed by atoms with van der Waals surface area (Å²) in [5, 5.41) is 4.88. The van der Waals surface area contributed by atoms with E-state index in [1.807, 2.05) is 30.0 Å². The smallest absolute Gasteiger partial charge is 0.219 e. The average molecular weight is 439 g/mol. The molecule has 29 heavy (non-hydrogen) atoms. The zero-order valence-corrected chi connectivity index (χ0v) is 18.9. The summed E-state index contributed by atoms with van der Waals surface area (Å²) in [6, 6.07) is 6.15. The van der Waals surface area contributed by atoms with Crippen molar-refractivity contribution in [1.82, 2.24) is 14.7 Å². The quantitative estimate of drug-likeness (QED) is 0.713. The number of carbonyl (C=O) groups is 1. The van der Waals surface area contributed by atoms with Crippen LogP contribution in [-0.2, 0) is 9.53 Å². The summed E-state index contributed by atoms with van der Waals surface area (Å²) >= 11 is 12.1. The molecule has 2 saturated heterocycles. The van der Waals surface area contributed by atoms with E-state index in [0.29, 0.717) is 6.04 Å². The number of hydrogen-bond donors (Lipinski definition) is 1. The Morgan fingerprint density at radius 3 is 2.62 bits per heavy atom. The third-order valence-electron chi connectivity index (χ3n) is 5.88. The minimum atomic E-state index is 0.151. The van der Waals surface area contributed by atoms with Gasteiger partial charge in [-0.05, 0) is 49.7 Å². The van der Waals surface area contributed by atoms with Crippen LogP contribution in [0.5, 0.6) is 0 Å². The number of nitrogens with one attached hydrogen (secondary N) is 1. The fraction of sp³-hybridized carbons (Fsp3) is 0.619. The number of thiocarbonyl (C=S) groups is 1. The molecule has 0 aromatic heterocycles. The molecule has 0 radical (unpaired) electrons. The average Bonchev–Trinajstić information content (AvgIpc) is 2.73. The summed E-state index contributed by atoms with van der Waals surface area (Å²) in [6.45, 7) is 10.5. The SMILES string of the molecule is CC(=O)N1CCC(N(CCN2CCOCC2)C(=S)Nc2cccc(Cl)c2C)CC1. The monoisotopic (exact) mass is 438 g/mol. The summed E-state index contributed by atoms with van der Waals surface area (Å²) < 4.78 is 5.46. The van der Waals surface area contributed by atoms with E-state index in [1.165, 1.54) is 0 Å². The second kappa shape index (κ2) is 10.6. The number of likely N-dealkylation sites (tertiary alicyclic amines) is 1. The van der Waals surface area contributed by atoms with E-state index in [4.69, 9.17) is 28.6 Å². The third-order valence-corrected chi connectivity index (χ3v) is 6.63. The van der Waals surface area contributed by atoms with Gasteiger partial charge >= 0.3 is 0 Å². The van der Waals surface area contributed by atoms with Gasteiger partial charge in [0, 0.05) is 62.9 Å². The highest BCUT2D eigenvalue weighted by Crippen LogP contribution is 2.24. The Bertz CT molecular complexity index is 719. The van der Waals surface area contributed by atoms with Crippen LogP contribution in [0.4, 0.5) is 5.69 Å². The van der Waals surface area contributed by atoms with Crippen molar-refractivity contribution >= 4 is 40.5 Å². The molecule has 3 rings (SSSR count). The number of rotatable bonds is 5. The van der Waals surface area contributed by atoms with E-state index in [2.05, 4.69) is 15.1 Å². The van der Waals surface area contributed by atoms with Crippen LogP contribution < -0.4 is 5.32 Å². The standard InChI is InChI=1S/C21H31ClN4O2S/c1-16-19(22)4-3-5-20(16)23-21(29)26(11-10-24-12-14-28-15-13-24)18-6-8-25(9-7-18)17(2)27/h3-5,18H,6-15H2,1-2H3,(H,23,29). The Labute approximate surface area is 184 Å². The second-order valence-corrected chi connectivity index (χ2v) is 8.52. The molecule has 0 aliphatic carbocycles. The Hall–Kier alpha value is -1.41. The summed E-state index contributed by atoms with van der Waals surface area (Å²) in [5.41, 5.74) is 1.94. The Morgan fingerprint density at radius 2 is 1.97 bits per heavy atom. The molecule has 0 saturated carbocycles. The van der Waals surface area contributed by atoms with Gasteiger partial charge in [-0.25, -0.2) is 0 Å². The zero-order chi connectivity index (χ0) is 20.8. The van der Waals surface area contributed by atoms with Gasteiger partial charge in [0.15, 0.2) is 5.11 Å². The zero-order valence-electron chi connectivity index (χ0n) is 17.3. The maximum atomic E-state index is 11.7. The number of hydrogen-bond acceptors (Lipinski definition) is 4. The molecule has 1 aromatic rings. The van der Waals surface area contributed by atoms with Gasteiger partial charge in [0.2, 0.25) is 5.91 Å². The van der Waals surface area contributed by atoms with E-state index < -0.39 is 0 Å². The molecule has 160 valence electrons. The van der Waals surface area contributed by atoms with Crippen molar-refractivity contribution in [2.75, 3.05) is 57.8 Å². The van der Waals surface area contributed by atoms with Crippen LogP contribution in [0.2, 0.25) is 5.02 Å². The first-order chi connectivity index (χ1) is 14.0. The van der Waals surface area contributed by atoms with Gasteiger partial charge in [0.25, 0.3) is 0 Å². The number of benzene rings is 1. The van der Waals surface area contributed by atoms with Gasteiger partial charge in [0.05, 0.1) is 13.2 Å². The molecule has 1 amide bonds. The lowest BCUT2D eigenvalue weighted by Gasteiger charge is -2.41. The first-order valence-corrected chi connectivity index (χ1v) is 11.1. The van der Waals surface area contributed by atoms with Crippen molar-refractivity contribution in [3.8, 4) is 0 Å². The van der Waals surface area contributed by atoms with Gasteiger partial charge in [-0.3, -0.25) is 9.69 Å². The van der Waals surface area contributed by atoms with Crippen molar-refractivity contribution < 1.29 is 9.53 Å². The Kier molecular flexibility index (Phi) is 8.12. The summed E-state index contributed by atoms with van der Waals surface area (Å²) in [4.78, 5) is 18.4. The topological polar surface area (TPSA) is 48.1 Å². The largest absolute Gasteiger partial charge is 0.379 e. The number of piperidine rings is 1. The molecule has 0 unspecified atom stereocenters. The van der Waals surface area contributed by atoms with E-state index in [9.17, 15) is 4.79 Å². The van der Waals surface area contributed by atoms with Crippen LogP contribution in [0.3, 0.4) is 0 Å². The Balaban J connectivity index is 1.68. The number of carbonyl (C=O) groups excluding carboxylic acids is 1. The molecule has 0 atom stereocenters. The van der Waals surface area contributed by atoms with Gasteiger partial charge in [-0.15, -0.1) is 0 Å². The van der Waals surface area contributed by atoms with Crippen molar-refractivity contribution in [3.63, 3.8) is 0 Å². The lowest BCUT2D eigenvalue weighted by atomic mass is 10.0. The van der Waals surface area contributed by atoms with Crippen LogP contribution in [0.15, 0.2) is 18.2 Å². The molecular formula is C21H31ClN4O2S. The van der Waals surface area contributed by atoms with E-state index >= 15 is 0 Å². The molecule has 2 heterocycles. The first kappa shape index (κ1) is 22.3. The van der Waals surface area contributed by atoms with E-state index in [1.54, 1.807) is 6.92 Å². The molecule has 0 spiro atoms. The highest BCUT2D eigenvalue weighted by Gasteiger charge is 2.28. The maximum Gasteiger partial charge on any atom is 0.219 e. The van der Waals surface area contributed by atoms with Crippen LogP contribution >= 0.6 is 23.8 Å². The summed E-state index contributed by atoms with van der Waals surface area (Å²) in [7, 11) is 0. The molecule has 0 bridgehead atoms. The molecule has 2 aliphatic rings. The highest BCUT2D eigenvalue weighted by atomic mass is 35.5. The van der Waals surface area contributed by atoms with Gasteiger partial charge in [-0.1, -0.05) is 17.7 Å². The molecule has 1 aromatic carbocycles. The lowest BCUT2D eigenvalue weighted by molar-refractivity contribution is -0.130. The fourth-order valence-electron chi connectivity index (χ4n) is 3.95. The lowest BCUT2D eigenvalue weighted by Crippen LogP contribution is -2.52. The van der Waals surface area contributed by atoms with Crippen LogP contribution in [-0.4, -0.2) is 84.2 Å². The summed E-state index contributed by atoms with van der Waals surface area (Å²) in [6.07, 6.45) is 1.86. The number of morpholine rings is 1. The van der Waals surface area contributed by atoms with Gasteiger partial charge in [0.1, 0.15) is 0 Å². The summed E-state index contributed by atoms with van der Waals surface area (Å²) in [5.74, 6) is 0.151. The van der Waals surface area contributed by atoms with E-state index in [-0.39, 0.29) is 5.91 Å².